The van der Waals surface area contributed by atoms with E-state index in [-0.39, 0.29) is 11.9 Å². The first kappa shape index (κ1) is 12.8. The lowest BCUT2D eigenvalue weighted by Gasteiger charge is -2.16. The number of anilines is 1. The Morgan fingerprint density at radius 3 is 2.94 bits per heavy atom. The summed E-state index contributed by atoms with van der Waals surface area (Å²) in [6.07, 6.45) is 0.497. The van der Waals surface area contributed by atoms with Crippen LogP contribution in [0.15, 0.2) is 27.8 Å². The van der Waals surface area contributed by atoms with Crippen molar-refractivity contribution in [1.29, 1.82) is 0 Å². The molecule has 0 spiro atoms. The number of hydrogen-bond acceptors (Lipinski definition) is 3. The van der Waals surface area contributed by atoms with Gasteiger partial charge in [-0.2, -0.15) is 0 Å². The molecule has 0 aliphatic heterocycles. The largest absolute Gasteiger partial charge is 0.409 e. The van der Waals surface area contributed by atoms with Gasteiger partial charge in [0.1, 0.15) is 5.84 Å². The highest BCUT2D eigenvalue weighted by atomic mass is 79.9. The number of benzene rings is 1. The molecule has 0 aromatic heterocycles. The van der Waals surface area contributed by atoms with E-state index in [2.05, 4.69) is 26.4 Å². The number of halogens is 1. The lowest BCUT2D eigenvalue weighted by Crippen LogP contribution is -2.24. The van der Waals surface area contributed by atoms with Crippen molar-refractivity contribution in [3.8, 4) is 0 Å². The summed E-state index contributed by atoms with van der Waals surface area (Å²) in [6, 6.07) is 6.18. The number of nitrogens with one attached hydrogen (secondary N) is 1. The monoisotopic (exact) mass is 285 g/mol. The maximum absolute atomic E-state index is 8.47. The summed E-state index contributed by atoms with van der Waals surface area (Å²) in [5.74, 6) is 0.226. The van der Waals surface area contributed by atoms with E-state index >= 15 is 0 Å². The van der Waals surface area contributed by atoms with Gasteiger partial charge in [-0.05, 0) is 47.5 Å². The third kappa shape index (κ3) is 3.73. The van der Waals surface area contributed by atoms with E-state index in [9.17, 15) is 0 Å². The Bertz CT molecular complexity index is 393. The van der Waals surface area contributed by atoms with E-state index in [0.29, 0.717) is 6.42 Å². The molecule has 0 heterocycles. The summed E-state index contributed by atoms with van der Waals surface area (Å²) in [5, 5.41) is 14.7. The Balaban J connectivity index is 2.69. The second-order valence-electron chi connectivity index (χ2n) is 3.82. The predicted octanol–water partition coefficient (Wildman–Crippen LogP) is 2.69. The molecule has 0 bridgehead atoms. The molecule has 4 N–H and O–H groups in total. The fraction of sp³-hybridized carbons (Fsp3) is 0.364. The highest BCUT2D eigenvalue weighted by Crippen LogP contribution is 2.24. The molecule has 5 heteroatoms. The number of amidine groups is 1. The normalized spacial score (nSPS) is 13.6. The van der Waals surface area contributed by atoms with E-state index in [0.717, 1.165) is 10.2 Å². The number of hydrogen-bond donors (Lipinski definition) is 3. The summed E-state index contributed by atoms with van der Waals surface area (Å²) < 4.78 is 1.00. The van der Waals surface area contributed by atoms with Gasteiger partial charge in [0, 0.05) is 22.6 Å². The van der Waals surface area contributed by atoms with Crippen molar-refractivity contribution in [2.24, 2.45) is 10.9 Å². The maximum Gasteiger partial charge on any atom is 0.141 e. The SMILES string of the molecule is Cc1ccc(Br)c(NC(C)C/C(N)=N/O)c1. The van der Waals surface area contributed by atoms with Gasteiger partial charge in [-0.3, -0.25) is 0 Å². The van der Waals surface area contributed by atoms with Crippen molar-refractivity contribution in [2.75, 3.05) is 5.32 Å². The molecule has 1 aromatic rings. The molecule has 88 valence electrons. The Hall–Kier alpha value is -1.23. The number of nitrogens with two attached hydrogens (primary N) is 1. The smallest absolute Gasteiger partial charge is 0.141 e. The van der Waals surface area contributed by atoms with E-state index in [1.54, 1.807) is 0 Å². The number of rotatable bonds is 4. The van der Waals surface area contributed by atoms with Gasteiger partial charge >= 0.3 is 0 Å². The van der Waals surface area contributed by atoms with Crippen LogP contribution in [0.2, 0.25) is 0 Å². The topological polar surface area (TPSA) is 70.6 Å². The van der Waals surface area contributed by atoms with Crippen molar-refractivity contribution in [3.63, 3.8) is 0 Å². The van der Waals surface area contributed by atoms with Crippen LogP contribution in [0.25, 0.3) is 0 Å². The van der Waals surface area contributed by atoms with E-state index in [4.69, 9.17) is 10.9 Å². The van der Waals surface area contributed by atoms with Crippen molar-refractivity contribution < 1.29 is 5.21 Å². The zero-order valence-electron chi connectivity index (χ0n) is 9.37. The van der Waals surface area contributed by atoms with E-state index in [1.807, 2.05) is 32.0 Å². The van der Waals surface area contributed by atoms with Gasteiger partial charge < -0.3 is 16.3 Å². The number of aryl methyl sites for hydroxylation is 1. The third-order valence-electron chi connectivity index (χ3n) is 2.17. The zero-order valence-corrected chi connectivity index (χ0v) is 11.0. The molecule has 0 fully saturated rings. The average Bonchev–Trinajstić information content (AvgIpc) is 2.23. The molecule has 0 aliphatic rings. The minimum Gasteiger partial charge on any atom is -0.409 e. The highest BCUT2D eigenvalue weighted by Gasteiger charge is 2.07. The summed E-state index contributed by atoms with van der Waals surface area (Å²) in [7, 11) is 0. The van der Waals surface area contributed by atoms with E-state index in [1.165, 1.54) is 5.56 Å². The van der Waals surface area contributed by atoms with E-state index < -0.39 is 0 Å². The fourth-order valence-corrected chi connectivity index (χ4v) is 1.78. The van der Waals surface area contributed by atoms with Crippen LogP contribution in [0.3, 0.4) is 0 Å². The van der Waals surface area contributed by atoms with Crippen molar-refractivity contribution in [1.82, 2.24) is 0 Å². The highest BCUT2D eigenvalue weighted by molar-refractivity contribution is 9.10. The minimum atomic E-state index is 0.106. The van der Waals surface area contributed by atoms with Gasteiger partial charge in [-0.25, -0.2) is 0 Å². The first-order chi connectivity index (χ1) is 7.52. The van der Waals surface area contributed by atoms with Crippen molar-refractivity contribution in [2.45, 2.75) is 26.3 Å². The quantitative estimate of drug-likeness (QED) is 0.345. The van der Waals surface area contributed by atoms with Crippen LogP contribution < -0.4 is 11.1 Å². The molecule has 4 nitrogen and oxygen atoms in total. The Morgan fingerprint density at radius 1 is 1.62 bits per heavy atom. The summed E-state index contributed by atoms with van der Waals surface area (Å²) in [5.41, 5.74) is 7.64. The van der Waals surface area contributed by atoms with Crippen molar-refractivity contribution >= 4 is 27.5 Å². The second-order valence-corrected chi connectivity index (χ2v) is 4.68. The molecule has 1 rings (SSSR count). The summed E-state index contributed by atoms with van der Waals surface area (Å²) in [6.45, 7) is 4.01. The number of oxime groups is 1. The Morgan fingerprint density at radius 2 is 2.31 bits per heavy atom. The molecule has 16 heavy (non-hydrogen) atoms. The summed E-state index contributed by atoms with van der Waals surface area (Å²) >= 11 is 3.47. The molecule has 0 aliphatic carbocycles. The van der Waals surface area contributed by atoms with Crippen LogP contribution >= 0.6 is 15.9 Å². The van der Waals surface area contributed by atoms with Crippen LogP contribution in [-0.2, 0) is 0 Å². The lowest BCUT2D eigenvalue weighted by atomic mass is 10.2. The lowest BCUT2D eigenvalue weighted by molar-refractivity contribution is 0.316. The Labute approximate surface area is 104 Å². The van der Waals surface area contributed by atoms with Crippen LogP contribution in [0.1, 0.15) is 18.9 Å². The fourth-order valence-electron chi connectivity index (χ4n) is 1.42. The first-order valence-electron chi connectivity index (χ1n) is 5.02. The third-order valence-corrected chi connectivity index (χ3v) is 2.86. The van der Waals surface area contributed by atoms with Gasteiger partial charge in [0.05, 0.1) is 0 Å². The molecular weight excluding hydrogens is 270 g/mol. The number of nitrogens with zero attached hydrogens (tertiary/aromatic N) is 1. The molecule has 0 amide bonds. The zero-order chi connectivity index (χ0) is 12.1. The minimum absolute atomic E-state index is 0.106. The molecule has 1 unspecified atom stereocenters. The average molecular weight is 286 g/mol. The van der Waals surface area contributed by atoms with Gasteiger partial charge in [-0.15, -0.1) is 0 Å². The molecule has 1 aromatic carbocycles. The predicted molar refractivity (Wildman–Crippen MR) is 70.0 cm³/mol. The van der Waals surface area contributed by atoms with Crippen LogP contribution in [0.4, 0.5) is 5.69 Å². The molecule has 0 radical (unpaired) electrons. The molecule has 0 saturated heterocycles. The van der Waals surface area contributed by atoms with Gasteiger partial charge in [-0.1, -0.05) is 11.2 Å². The first-order valence-corrected chi connectivity index (χ1v) is 5.81. The van der Waals surface area contributed by atoms with Gasteiger partial charge in [0.2, 0.25) is 0 Å². The molecule has 0 saturated carbocycles. The van der Waals surface area contributed by atoms with Crippen LogP contribution in [0, 0.1) is 6.92 Å². The standard InChI is InChI=1S/C11H16BrN3O/c1-7-3-4-9(12)10(5-7)14-8(2)6-11(13)15-16/h3-5,8,14,16H,6H2,1-2H3,(H2,13,15). The summed E-state index contributed by atoms with van der Waals surface area (Å²) in [4.78, 5) is 0. The Kier molecular flexibility index (Phi) is 4.61. The van der Waals surface area contributed by atoms with Crippen molar-refractivity contribution in [3.05, 3.63) is 28.2 Å². The molecule has 1 atom stereocenters. The molecular formula is C11H16BrN3O. The van der Waals surface area contributed by atoms with Crippen LogP contribution in [-0.4, -0.2) is 17.1 Å². The van der Waals surface area contributed by atoms with Gasteiger partial charge in [0.15, 0.2) is 0 Å². The van der Waals surface area contributed by atoms with Crippen LogP contribution in [0.5, 0.6) is 0 Å². The second kappa shape index (κ2) is 5.75. The van der Waals surface area contributed by atoms with Gasteiger partial charge in [0.25, 0.3) is 0 Å². The maximum atomic E-state index is 8.47.